The lowest BCUT2D eigenvalue weighted by Gasteiger charge is -2.29. The lowest BCUT2D eigenvalue weighted by Crippen LogP contribution is -2.56. The van der Waals surface area contributed by atoms with E-state index in [2.05, 4.69) is 16.0 Å². The van der Waals surface area contributed by atoms with Crippen LogP contribution in [0.2, 0.25) is 0 Å². The quantitative estimate of drug-likeness (QED) is 0.256. The SMILES string of the molecule is CC(C)[C@H]1NC(=O)[C@H]2CSSCCC=C[C@H](CC(=O)N[C@H](c3ccccc3)C(=O)N2)OC(=O)C[C@@H]1O. The summed E-state index contributed by atoms with van der Waals surface area (Å²) in [5.74, 6) is -1.35. The van der Waals surface area contributed by atoms with Crippen LogP contribution in [-0.2, 0) is 23.9 Å². The molecule has 1 saturated heterocycles. The zero-order valence-corrected chi connectivity index (χ0v) is 22.0. The van der Waals surface area contributed by atoms with Crippen molar-refractivity contribution in [1.29, 1.82) is 0 Å². The van der Waals surface area contributed by atoms with Gasteiger partial charge in [-0.1, -0.05) is 71.8 Å². The number of aliphatic hydroxyl groups is 1. The number of nitrogens with one attached hydrogen (secondary N) is 3. The van der Waals surface area contributed by atoms with Gasteiger partial charge in [-0.3, -0.25) is 19.2 Å². The number of carbonyl (C=O) groups excluding carboxylic acids is 4. The highest BCUT2D eigenvalue weighted by atomic mass is 33.1. The Morgan fingerprint density at radius 2 is 1.72 bits per heavy atom. The maximum Gasteiger partial charge on any atom is 0.309 e. The first-order valence-electron chi connectivity index (χ1n) is 12.0. The standard InChI is InChI=1S/C25H33N3O6S2/c1-15(2)22-19(29)13-21(31)34-17-10-6-7-11-35-36-14-18(24(32)28-22)26-25(33)23(27-20(30)12-17)16-8-4-3-5-9-16/h3-6,8-10,15,17-19,22-23,29H,7,11-14H2,1-2H3,(H,26,33)(H,27,30)(H,28,32)/t17-,18-,19+,22-,23-/m1/s1. The number of esters is 1. The lowest BCUT2D eigenvalue weighted by molar-refractivity contribution is -0.151. The summed E-state index contributed by atoms with van der Waals surface area (Å²) >= 11 is 0. The molecule has 0 radical (unpaired) electrons. The molecule has 3 amide bonds. The predicted molar refractivity (Wildman–Crippen MR) is 140 cm³/mol. The number of ether oxygens (including phenoxy) is 1. The van der Waals surface area contributed by atoms with Gasteiger partial charge in [0.05, 0.1) is 25.0 Å². The number of amides is 3. The molecule has 5 atom stereocenters. The highest BCUT2D eigenvalue weighted by Gasteiger charge is 2.33. The van der Waals surface area contributed by atoms with Crippen LogP contribution in [-0.4, -0.2) is 64.6 Å². The zero-order valence-electron chi connectivity index (χ0n) is 20.3. The molecule has 11 heteroatoms. The minimum atomic E-state index is -1.20. The van der Waals surface area contributed by atoms with Crippen molar-refractivity contribution in [2.45, 2.75) is 63.4 Å². The van der Waals surface area contributed by atoms with Gasteiger partial charge in [-0.2, -0.15) is 0 Å². The van der Waals surface area contributed by atoms with E-state index in [0.717, 1.165) is 5.75 Å². The molecule has 1 fully saturated rings. The third kappa shape index (κ3) is 8.28. The van der Waals surface area contributed by atoms with E-state index in [1.807, 2.05) is 19.9 Å². The summed E-state index contributed by atoms with van der Waals surface area (Å²) in [4.78, 5) is 52.4. The van der Waals surface area contributed by atoms with Gasteiger partial charge >= 0.3 is 5.97 Å². The smallest absolute Gasteiger partial charge is 0.309 e. The van der Waals surface area contributed by atoms with E-state index in [-0.39, 0.29) is 24.5 Å². The zero-order chi connectivity index (χ0) is 26.1. The molecule has 9 nitrogen and oxygen atoms in total. The first-order chi connectivity index (χ1) is 17.2. The van der Waals surface area contributed by atoms with Crippen LogP contribution in [0.1, 0.15) is 44.7 Å². The number of benzene rings is 1. The molecule has 2 aliphatic heterocycles. The van der Waals surface area contributed by atoms with E-state index in [0.29, 0.717) is 12.0 Å². The Kier molecular flexibility index (Phi) is 10.7. The second kappa shape index (κ2) is 13.7. The number of carbonyl (C=O) groups is 4. The summed E-state index contributed by atoms with van der Waals surface area (Å²) in [5, 5.41) is 19.1. The molecule has 2 heterocycles. The number of fused-ring (bicyclic) bond motifs is 7. The largest absolute Gasteiger partial charge is 0.457 e. The van der Waals surface area contributed by atoms with Gasteiger partial charge in [0.2, 0.25) is 17.7 Å². The van der Waals surface area contributed by atoms with E-state index in [9.17, 15) is 24.3 Å². The van der Waals surface area contributed by atoms with Crippen LogP contribution in [0, 0.1) is 5.92 Å². The van der Waals surface area contributed by atoms with Crippen LogP contribution in [0.15, 0.2) is 42.5 Å². The fourth-order valence-corrected chi connectivity index (χ4v) is 6.12. The van der Waals surface area contributed by atoms with Crippen LogP contribution in [0.3, 0.4) is 0 Å². The van der Waals surface area contributed by atoms with Gasteiger partial charge in [0.15, 0.2) is 0 Å². The number of hydrogen-bond acceptors (Lipinski definition) is 8. The van der Waals surface area contributed by atoms with Crippen molar-refractivity contribution in [3.05, 3.63) is 48.0 Å². The average molecular weight is 536 g/mol. The Morgan fingerprint density at radius 3 is 2.44 bits per heavy atom. The number of rotatable bonds is 2. The third-order valence-electron chi connectivity index (χ3n) is 5.86. The molecule has 2 aliphatic rings. The highest BCUT2D eigenvalue weighted by molar-refractivity contribution is 8.76. The molecule has 0 unspecified atom stereocenters. The summed E-state index contributed by atoms with van der Waals surface area (Å²) in [6.45, 7) is 3.65. The Balaban J connectivity index is 2.03. The first-order valence-corrected chi connectivity index (χ1v) is 14.5. The third-order valence-corrected chi connectivity index (χ3v) is 8.30. The maximum atomic E-state index is 13.4. The molecule has 4 N–H and O–H groups in total. The maximum absolute atomic E-state index is 13.4. The molecule has 0 aromatic heterocycles. The van der Waals surface area contributed by atoms with Crippen molar-refractivity contribution in [3.8, 4) is 0 Å². The van der Waals surface area contributed by atoms with E-state index < -0.39 is 54.0 Å². The number of aliphatic hydroxyl groups excluding tert-OH is 1. The Hall–Kier alpha value is -2.50. The van der Waals surface area contributed by atoms with Crippen molar-refractivity contribution >= 4 is 45.3 Å². The van der Waals surface area contributed by atoms with Crippen molar-refractivity contribution in [3.63, 3.8) is 0 Å². The summed E-state index contributed by atoms with van der Waals surface area (Å²) in [5.41, 5.74) is 0.553. The van der Waals surface area contributed by atoms with Gasteiger partial charge in [0.1, 0.15) is 18.2 Å². The molecule has 1 aromatic carbocycles. The van der Waals surface area contributed by atoms with Crippen LogP contribution < -0.4 is 16.0 Å². The summed E-state index contributed by atoms with van der Waals surface area (Å²) in [6, 6.07) is 6.04. The molecule has 3 rings (SSSR count). The van der Waals surface area contributed by atoms with Crippen LogP contribution in [0.4, 0.5) is 0 Å². The number of hydrogen-bond donors (Lipinski definition) is 4. The molecule has 0 saturated carbocycles. The van der Waals surface area contributed by atoms with Gasteiger partial charge in [0, 0.05) is 11.5 Å². The molecule has 0 spiro atoms. The summed E-state index contributed by atoms with van der Waals surface area (Å²) in [7, 11) is 3.01. The first kappa shape index (κ1) is 28.1. The van der Waals surface area contributed by atoms with Gasteiger partial charge < -0.3 is 25.8 Å². The predicted octanol–water partition coefficient (Wildman–Crippen LogP) is 1.88. The van der Waals surface area contributed by atoms with E-state index in [4.69, 9.17) is 4.74 Å². The highest BCUT2D eigenvalue weighted by Crippen LogP contribution is 2.25. The van der Waals surface area contributed by atoms with Crippen LogP contribution in [0.25, 0.3) is 0 Å². The van der Waals surface area contributed by atoms with Gasteiger partial charge in [0.25, 0.3) is 0 Å². The monoisotopic (exact) mass is 535 g/mol. The van der Waals surface area contributed by atoms with Crippen molar-refractivity contribution < 1.29 is 29.0 Å². The van der Waals surface area contributed by atoms with Crippen molar-refractivity contribution in [2.75, 3.05) is 11.5 Å². The Bertz CT molecular complexity index is 958. The molecular weight excluding hydrogens is 502 g/mol. The number of allylic oxidation sites excluding steroid dienone is 1. The molecule has 196 valence electrons. The van der Waals surface area contributed by atoms with Crippen LogP contribution >= 0.6 is 21.6 Å². The van der Waals surface area contributed by atoms with Gasteiger partial charge in [-0.25, -0.2) is 0 Å². The molecular formula is C25H33N3O6S2. The van der Waals surface area contributed by atoms with Gasteiger partial charge in [-0.05, 0) is 24.0 Å². The molecule has 0 aliphatic carbocycles. The minimum absolute atomic E-state index is 0.189. The van der Waals surface area contributed by atoms with E-state index in [1.54, 1.807) is 47.2 Å². The summed E-state index contributed by atoms with van der Waals surface area (Å²) < 4.78 is 5.53. The second-order valence-corrected chi connectivity index (χ2v) is 11.7. The topological polar surface area (TPSA) is 134 Å². The molecule has 2 bridgehead atoms. The van der Waals surface area contributed by atoms with Crippen molar-refractivity contribution in [1.82, 2.24) is 16.0 Å². The minimum Gasteiger partial charge on any atom is -0.457 e. The van der Waals surface area contributed by atoms with Crippen LogP contribution in [0.5, 0.6) is 0 Å². The lowest BCUT2D eigenvalue weighted by atomic mass is 9.96. The van der Waals surface area contributed by atoms with Gasteiger partial charge in [-0.15, -0.1) is 0 Å². The fraction of sp³-hybridized carbons (Fsp3) is 0.520. The Labute approximate surface area is 219 Å². The molecule has 1 aromatic rings. The van der Waals surface area contributed by atoms with E-state index in [1.165, 1.54) is 10.8 Å². The Morgan fingerprint density at radius 1 is 0.972 bits per heavy atom. The summed E-state index contributed by atoms with van der Waals surface area (Å²) in [6.07, 6.45) is 1.59. The second-order valence-electron chi connectivity index (χ2n) is 9.08. The van der Waals surface area contributed by atoms with E-state index >= 15 is 0 Å². The normalized spacial score (nSPS) is 29.2. The van der Waals surface area contributed by atoms with Crippen molar-refractivity contribution in [2.24, 2.45) is 5.92 Å². The fourth-order valence-electron chi connectivity index (χ4n) is 3.96. The average Bonchev–Trinajstić information content (AvgIpc) is 2.83. The molecule has 36 heavy (non-hydrogen) atoms.